The summed E-state index contributed by atoms with van der Waals surface area (Å²) in [5, 5.41) is 7.48. The molecule has 0 bridgehead atoms. The number of carbonyl (C=O) groups is 1. The standard InChI is InChI=1S/C16H19N3O/c1-11-10-15(19-14-5-3-2-4-13(11)14)16(20)18-12-6-8-17-9-7-12/h2-5,10,12,17H,6-9H2,1H3,(H,18,20). The third kappa shape index (κ3) is 2.65. The van der Waals surface area contributed by atoms with Crippen LogP contribution in [0.4, 0.5) is 0 Å². The van der Waals surface area contributed by atoms with Crippen LogP contribution in [-0.4, -0.2) is 30.0 Å². The molecule has 20 heavy (non-hydrogen) atoms. The van der Waals surface area contributed by atoms with Crippen LogP contribution in [0.1, 0.15) is 28.9 Å². The van der Waals surface area contributed by atoms with Crippen LogP contribution in [0, 0.1) is 6.92 Å². The summed E-state index contributed by atoms with van der Waals surface area (Å²) in [4.78, 5) is 16.8. The Labute approximate surface area is 118 Å². The van der Waals surface area contributed by atoms with Crippen molar-refractivity contribution in [3.63, 3.8) is 0 Å². The average Bonchev–Trinajstić information content (AvgIpc) is 2.48. The number of para-hydroxylation sites is 1. The molecule has 1 aromatic carbocycles. The summed E-state index contributed by atoms with van der Waals surface area (Å²) < 4.78 is 0. The summed E-state index contributed by atoms with van der Waals surface area (Å²) in [6.07, 6.45) is 1.97. The zero-order valence-corrected chi connectivity index (χ0v) is 11.6. The molecule has 104 valence electrons. The number of fused-ring (bicyclic) bond motifs is 1. The molecular formula is C16H19N3O. The molecule has 2 aromatic rings. The van der Waals surface area contributed by atoms with Crippen LogP contribution >= 0.6 is 0 Å². The predicted octanol–water partition coefficient (Wildman–Crippen LogP) is 2.03. The molecule has 0 spiro atoms. The largest absolute Gasteiger partial charge is 0.348 e. The number of hydrogen-bond acceptors (Lipinski definition) is 3. The number of amides is 1. The number of nitrogens with zero attached hydrogens (tertiary/aromatic N) is 1. The smallest absolute Gasteiger partial charge is 0.270 e. The maximum atomic E-state index is 12.3. The molecule has 0 aliphatic carbocycles. The van der Waals surface area contributed by atoms with E-state index in [0.717, 1.165) is 42.4 Å². The number of hydrogen-bond donors (Lipinski definition) is 2. The van der Waals surface area contributed by atoms with Gasteiger partial charge in [0.15, 0.2) is 0 Å². The van der Waals surface area contributed by atoms with E-state index in [-0.39, 0.29) is 11.9 Å². The molecule has 1 aliphatic rings. The summed E-state index contributed by atoms with van der Waals surface area (Å²) in [6, 6.07) is 10.1. The summed E-state index contributed by atoms with van der Waals surface area (Å²) in [7, 11) is 0. The van der Waals surface area contributed by atoms with E-state index in [2.05, 4.69) is 15.6 Å². The van der Waals surface area contributed by atoms with Crippen molar-refractivity contribution < 1.29 is 4.79 Å². The number of aryl methyl sites for hydroxylation is 1. The number of rotatable bonds is 2. The molecule has 1 aliphatic heterocycles. The van der Waals surface area contributed by atoms with Crippen molar-refractivity contribution in [2.24, 2.45) is 0 Å². The van der Waals surface area contributed by atoms with Crippen molar-refractivity contribution in [2.45, 2.75) is 25.8 Å². The van der Waals surface area contributed by atoms with Crippen LogP contribution in [-0.2, 0) is 0 Å². The van der Waals surface area contributed by atoms with Gasteiger partial charge in [-0.05, 0) is 50.6 Å². The third-order valence-electron chi connectivity index (χ3n) is 3.83. The van der Waals surface area contributed by atoms with E-state index in [1.165, 1.54) is 0 Å². The molecule has 0 unspecified atom stereocenters. The molecule has 1 amide bonds. The van der Waals surface area contributed by atoms with Crippen molar-refractivity contribution in [3.8, 4) is 0 Å². The molecule has 4 nitrogen and oxygen atoms in total. The van der Waals surface area contributed by atoms with E-state index in [4.69, 9.17) is 0 Å². The van der Waals surface area contributed by atoms with Crippen LogP contribution in [0.2, 0.25) is 0 Å². The van der Waals surface area contributed by atoms with Gasteiger partial charge < -0.3 is 10.6 Å². The number of carbonyl (C=O) groups excluding carboxylic acids is 1. The maximum Gasteiger partial charge on any atom is 0.270 e. The Bertz CT molecular complexity index is 633. The first-order chi connectivity index (χ1) is 9.74. The summed E-state index contributed by atoms with van der Waals surface area (Å²) >= 11 is 0. The Morgan fingerprint density at radius 2 is 2.05 bits per heavy atom. The van der Waals surface area contributed by atoms with Crippen molar-refractivity contribution in [1.82, 2.24) is 15.6 Å². The Balaban J connectivity index is 1.84. The minimum atomic E-state index is -0.0641. The molecule has 0 saturated carbocycles. The van der Waals surface area contributed by atoms with Gasteiger partial charge in [0.25, 0.3) is 5.91 Å². The van der Waals surface area contributed by atoms with Crippen molar-refractivity contribution in [1.29, 1.82) is 0 Å². The summed E-state index contributed by atoms with van der Waals surface area (Å²) in [5.74, 6) is -0.0641. The zero-order chi connectivity index (χ0) is 13.9. The van der Waals surface area contributed by atoms with Gasteiger partial charge in [-0.15, -0.1) is 0 Å². The highest BCUT2D eigenvalue weighted by Gasteiger charge is 2.17. The SMILES string of the molecule is Cc1cc(C(=O)NC2CCNCC2)nc2ccccc12. The Kier molecular flexibility index (Phi) is 3.65. The third-order valence-corrected chi connectivity index (χ3v) is 3.83. The monoisotopic (exact) mass is 269 g/mol. The zero-order valence-electron chi connectivity index (χ0n) is 11.6. The second-order valence-electron chi connectivity index (χ2n) is 5.34. The molecule has 2 heterocycles. The van der Waals surface area contributed by atoms with Gasteiger partial charge in [-0.25, -0.2) is 4.98 Å². The van der Waals surface area contributed by atoms with Gasteiger partial charge in [-0.2, -0.15) is 0 Å². The number of piperidine rings is 1. The first kappa shape index (κ1) is 13.1. The lowest BCUT2D eigenvalue weighted by Crippen LogP contribution is -2.42. The van der Waals surface area contributed by atoms with Gasteiger partial charge in [0.05, 0.1) is 5.52 Å². The van der Waals surface area contributed by atoms with E-state index in [1.54, 1.807) is 0 Å². The van der Waals surface area contributed by atoms with Crippen molar-refractivity contribution >= 4 is 16.8 Å². The molecule has 4 heteroatoms. The van der Waals surface area contributed by atoms with Gasteiger partial charge in [-0.3, -0.25) is 4.79 Å². The average molecular weight is 269 g/mol. The number of aromatic nitrogens is 1. The fourth-order valence-corrected chi connectivity index (χ4v) is 2.69. The number of pyridine rings is 1. The van der Waals surface area contributed by atoms with Gasteiger partial charge in [-0.1, -0.05) is 18.2 Å². The van der Waals surface area contributed by atoms with Gasteiger partial charge in [0.2, 0.25) is 0 Å². The lowest BCUT2D eigenvalue weighted by Gasteiger charge is -2.23. The molecular weight excluding hydrogens is 250 g/mol. The lowest BCUT2D eigenvalue weighted by atomic mass is 10.1. The van der Waals surface area contributed by atoms with Crippen molar-refractivity contribution in [3.05, 3.63) is 41.6 Å². The number of nitrogens with one attached hydrogen (secondary N) is 2. The highest BCUT2D eigenvalue weighted by molar-refractivity contribution is 5.96. The van der Waals surface area contributed by atoms with Crippen LogP contribution < -0.4 is 10.6 Å². The second kappa shape index (κ2) is 5.59. The highest BCUT2D eigenvalue weighted by Crippen LogP contribution is 2.17. The molecule has 0 radical (unpaired) electrons. The molecule has 1 aromatic heterocycles. The predicted molar refractivity (Wildman–Crippen MR) is 79.8 cm³/mol. The molecule has 1 fully saturated rings. The Morgan fingerprint density at radius 1 is 1.30 bits per heavy atom. The van der Waals surface area contributed by atoms with Crippen LogP contribution in [0.15, 0.2) is 30.3 Å². The molecule has 1 saturated heterocycles. The minimum absolute atomic E-state index is 0.0641. The quantitative estimate of drug-likeness (QED) is 0.877. The van der Waals surface area contributed by atoms with Gasteiger partial charge >= 0.3 is 0 Å². The molecule has 3 rings (SSSR count). The van der Waals surface area contributed by atoms with E-state index in [1.807, 2.05) is 37.3 Å². The van der Waals surface area contributed by atoms with Crippen molar-refractivity contribution in [2.75, 3.05) is 13.1 Å². The topological polar surface area (TPSA) is 54.0 Å². The van der Waals surface area contributed by atoms with Gasteiger partial charge in [0.1, 0.15) is 5.69 Å². The lowest BCUT2D eigenvalue weighted by molar-refractivity contribution is 0.0925. The van der Waals surface area contributed by atoms with E-state index >= 15 is 0 Å². The highest BCUT2D eigenvalue weighted by atomic mass is 16.1. The molecule has 0 atom stereocenters. The number of benzene rings is 1. The molecule has 2 N–H and O–H groups in total. The van der Waals surface area contributed by atoms with Crippen LogP contribution in [0.25, 0.3) is 10.9 Å². The fraction of sp³-hybridized carbons (Fsp3) is 0.375. The van der Waals surface area contributed by atoms with Crippen LogP contribution in [0.3, 0.4) is 0 Å². The Morgan fingerprint density at radius 3 is 2.85 bits per heavy atom. The normalized spacial score (nSPS) is 16.2. The summed E-state index contributed by atoms with van der Waals surface area (Å²) in [5.41, 5.74) is 2.48. The van der Waals surface area contributed by atoms with Gasteiger partial charge in [0, 0.05) is 11.4 Å². The minimum Gasteiger partial charge on any atom is -0.348 e. The Hall–Kier alpha value is -1.94. The first-order valence-corrected chi connectivity index (χ1v) is 7.12. The van der Waals surface area contributed by atoms with E-state index in [0.29, 0.717) is 5.69 Å². The maximum absolute atomic E-state index is 12.3. The summed E-state index contributed by atoms with van der Waals surface area (Å²) in [6.45, 7) is 3.95. The fourth-order valence-electron chi connectivity index (χ4n) is 2.69. The second-order valence-corrected chi connectivity index (χ2v) is 5.34. The first-order valence-electron chi connectivity index (χ1n) is 7.12. The van der Waals surface area contributed by atoms with E-state index < -0.39 is 0 Å². The van der Waals surface area contributed by atoms with Crippen LogP contribution in [0.5, 0.6) is 0 Å². The van der Waals surface area contributed by atoms with E-state index in [9.17, 15) is 4.79 Å².